The van der Waals surface area contributed by atoms with Gasteiger partial charge in [-0.3, -0.25) is 4.79 Å². The highest BCUT2D eigenvalue weighted by Gasteiger charge is 2.21. The molecule has 3 heterocycles. The standard InChI is InChI=1S/C31H35ClN6O4/c1-41-27-17-25-26(18-28(27)42-15-5-13-38-12-3-2-8-24(38)11-14-39)34-20-35-30(25)36-23-9-10-29(33-19-23)37-31(40)21-6-4-7-22(32)16-21/h4,6-7,9-10,16-20,24,39H,2-3,5,8,11-15H2,1H3,(H,33,37,40)(H,34,35,36). The Labute approximate surface area is 250 Å². The molecule has 1 unspecified atom stereocenters. The van der Waals surface area contributed by atoms with Crippen LogP contribution in [0.5, 0.6) is 11.5 Å². The lowest BCUT2D eigenvalue weighted by Crippen LogP contribution is -2.40. The third-order valence-electron chi connectivity index (χ3n) is 7.33. The maximum Gasteiger partial charge on any atom is 0.256 e. The Kier molecular flexibility index (Phi) is 10.0. The quantitative estimate of drug-likeness (QED) is 0.179. The van der Waals surface area contributed by atoms with Gasteiger partial charge in [0.25, 0.3) is 5.91 Å². The zero-order valence-corrected chi connectivity index (χ0v) is 24.3. The van der Waals surface area contributed by atoms with Crippen LogP contribution < -0.4 is 20.1 Å². The number of rotatable bonds is 12. The number of carbonyl (C=O) groups excluding carboxylic acids is 1. The van der Waals surface area contributed by atoms with Crippen molar-refractivity contribution < 1.29 is 19.4 Å². The van der Waals surface area contributed by atoms with Gasteiger partial charge in [-0.2, -0.15) is 0 Å². The summed E-state index contributed by atoms with van der Waals surface area (Å²) < 4.78 is 11.8. The van der Waals surface area contributed by atoms with E-state index in [-0.39, 0.29) is 12.5 Å². The van der Waals surface area contributed by atoms with Crippen LogP contribution in [0.15, 0.2) is 61.1 Å². The molecule has 1 fully saturated rings. The van der Waals surface area contributed by atoms with Gasteiger partial charge in [-0.05, 0) is 68.6 Å². The summed E-state index contributed by atoms with van der Waals surface area (Å²) in [7, 11) is 1.61. The number of likely N-dealkylation sites (tertiary alicyclic amines) is 1. The highest BCUT2D eigenvalue weighted by Crippen LogP contribution is 2.35. The molecule has 4 aromatic rings. The molecule has 42 heavy (non-hydrogen) atoms. The molecule has 1 atom stereocenters. The van der Waals surface area contributed by atoms with E-state index in [1.54, 1.807) is 49.7 Å². The van der Waals surface area contributed by atoms with E-state index >= 15 is 0 Å². The number of nitrogens with one attached hydrogen (secondary N) is 2. The largest absolute Gasteiger partial charge is 0.493 e. The monoisotopic (exact) mass is 590 g/mol. The van der Waals surface area contributed by atoms with Crippen molar-refractivity contribution >= 4 is 45.7 Å². The van der Waals surface area contributed by atoms with Crippen molar-refractivity contribution in [2.45, 2.75) is 38.1 Å². The van der Waals surface area contributed by atoms with Crippen LogP contribution in [0.1, 0.15) is 42.5 Å². The summed E-state index contributed by atoms with van der Waals surface area (Å²) in [5.41, 5.74) is 1.85. The number of benzene rings is 2. The van der Waals surface area contributed by atoms with Crippen molar-refractivity contribution in [1.82, 2.24) is 19.9 Å². The number of ether oxygens (including phenoxy) is 2. The van der Waals surface area contributed by atoms with Crippen LogP contribution in [0.25, 0.3) is 10.9 Å². The molecular formula is C31H35ClN6O4. The number of aliphatic hydroxyl groups is 1. The fourth-order valence-corrected chi connectivity index (χ4v) is 5.40. The number of carbonyl (C=O) groups is 1. The van der Waals surface area contributed by atoms with Crippen molar-refractivity contribution in [3.8, 4) is 11.5 Å². The summed E-state index contributed by atoms with van der Waals surface area (Å²) >= 11 is 5.99. The van der Waals surface area contributed by atoms with Crippen LogP contribution in [0.3, 0.4) is 0 Å². The number of nitrogens with zero attached hydrogens (tertiary/aromatic N) is 4. The molecule has 1 saturated heterocycles. The van der Waals surface area contributed by atoms with Gasteiger partial charge in [-0.1, -0.05) is 24.1 Å². The predicted molar refractivity (Wildman–Crippen MR) is 164 cm³/mol. The number of halogens is 1. The molecular weight excluding hydrogens is 556 g/mol. The summed E-state index contributed by atoms with van der Waals surface area (Å²) in [5.74, 6) is 1.92. The minimum absolute atomic E-state index is 0.232. The van der Waals surface area contributed by atoms with E-state index in [1.807, 2.05) is 12.1 Å². The van der Waals surface area contributed by atoms with Crippen molar-refractivity contribution in [3.05, 3.63) is 71.6 Å². The first kappa shape index (κ1) is 29.5. The van der Waals surface area contributed by atoms with Gasteiger partial charge in [-0.15, -0.1) is 0 Å². The predicted octanol–water partition coefficient (Wildman–Crippen LogP) is 5.69. The number of fused-ring (bicyclic) bond motifs is 1. The first-order valence-corrected chi connectivity index (χ1v) is 14.5. The molecule has 1 aliphatic rings. The second-order valence-electron chi connectivity index (χ2n) is 10.2. The first-order chi connectivity index (χ1) is 20.5. The Bertz CT molecular complexity index is 1500. The van der Waals surface area contributed by atoms with E-state index in [4.69, 9.17) is 21.1 Å². The van der Waals surface area contributed by atoms with Crippen molar-refractivity contribution in [2.75, 3.05) is 44.0 Å². The highest BCUT2D eigenvalue weighted by molar-refractivity contribution is 6.31. The summed E-state index contributed by atoms with van der Waals surface area (Å²) in [6, 6.07) is 14.4. The van der Waals surface area contributed by atoms with Crippen LogP contribution in [0.2, 0.25) is 5.02 Å². The molecule has 3 N–H and O–H groups in total. The average Bonchev–Trinajstić information content (AvgIpc) is 3.01. The third-order valence-corrected chi connectivity index (χ3v) is 7.57. The van der Waals surface area contributed by atoms with E-state index in [0.29, 0.717) is 57.6 Å². The van der Waals surface area contributed by atoms with Gasteiger partial charge in [0.05, 0.1) is 31.1 Å². The van der Waals surface area contributed by atoms with Gasteiger partial charge in [0, 0.05) is 41.2 Å². The fraction of sp³-hybridized carbons (Fsp3) is 0.355. The lowest BCUT2D eigenvalue weighted by atomic mass is 9.99. The molecule has 0 radical (unpaired) electrons. The molecule has 0 spiro atoms. The van der Waals surface area contributed by atoms with Gasteiger partial charge in [0.15, 0.2) is 11.5 Å². The van der Waals surface area contributed by atoms with E-state index in [9.17, 15) is 9.90 Å². The summed E-state index contributed by atoms with van der Waals surface area (Å²) in [4.78, 5) is 28.2. The van der Waals surface area contributed by atoms with E-state index < -0.39 is 0 Å². The number of piperidine rings is 1. The number of hydrogen-bond acceptors (Lipinski definition) is 9. The smallest absolute Gasteiger partial charge is 0.256 e. The maximum atomic E-state index is 12.5. The van der Waals surface area contributed by atoms with Crippen molar-refractivity contribution in [2.24, 2.45) is 0 Å². The van der Waals surface area contributed by atoms with Gasteiger partial charge in [0.2, 0.25) is 0 Å². The molecule has 10 nitrogen and oxygen atoms in total. The van der Waals surface area contributed by atoms with Crippen LogP contribution in [0.4, 0.5) is 17.3 Å². The minimum atomic E-state index is -0.296. The molecule has 1 amide bonds. The van der Waals surface area contributed by atoms with Crippen LogP contribution in [-0.4, -0.2) is 70.3 Å². The normalized spacial score (nSPS) is 15.4. The first-order valence-electron chi connectivity index (χ1n) is 14.1. The average molecular weight is 591 g/mol. The molecule has 1 aliphatic heterocycles. The Morgan fingerprint density at radius 1 is 1.12 bits per heavy atom. The maximum absolute atomic E-state index is 12.5. The molecule has 0 aliphatic carbocycles. The summed E-state index contributed by atoms with van der Waals surface area (Å²) in [5, 5.41) is 16.7. The van der Waals surface area contributed by atoms with Crippen LogP contribution in [-0.2, 0) is 0 Å². The highest BCUT2D eigenvalue weighted by atomic mass is 35.5. The number of pyridine rings is 1. The number of methoxy groups -OCH3 is 1. The summed E-state index contributed by atoms with van der Waals surface area (Å²) in [6.45, 7) is 2.79. The molecule has 2 aromatic carbocycles. The van der Waals surface area contributed by atoms with Crippen LogP contribution >= 0.6 is 11.6 Å². The topological polar surface area (TPSA) is 122 Å². The van der Waals surface area contributed by atoms with Crippen LogP contribution in [0, 0.1) is 0 Å². The van der Waals surface area contributed by atoms with Gasteiger partial charge in [0.1, 0.15) is 18.0 Å². The second kappa shape index (κ2) is 14.3. The number of aromatic nitrogens is 3. The van der Waals surface area contributed by atoms with Crippen molar-refractivity contribution in [3.63, 3.8) is 0 Å². The second-order valence-corrected chi connectivity index (χ2v) is 10.6. The number of aliphatic hydroxyl groups excluding tert-OH is 1. The van der Waals surface area contributed by atoms with E-state index in [2.05, 4.69) is 30.5 Å². The number of anilines is 3. The Morgan fingerprint density at radius 3 is 2.81 bits per heavy atom. The lowest BCUT2D eigenvalue weighted by Gasteiger charge is -2.35. The Morgan fingerprint density at radius 2 is 2.02 bits per heavy atom. The van der Waals surface area contributed by atoms with Gasteiger partial charge in [-0.25, -0.2) is 15.0 Å². The Hall–Kier alpha value is -3.99. The SMILES string of the molecule is COc1cc2c(Nc3ccc(NC(=O)c4cccc(Cl)c4)nc3)ncnc2cc1OCCCN1CCCCC1CCO. The molecule has 11 heteroatoms. The zero-order valence-electron chi connectivity index (χ0n) is 23.6. The fourth-order valence-electron chi connectivity index (χ4n) is 5.21. The van der Waals surface area contributed by atoms with E-state index in [1.165, 1.54) is 19.2 Å². The van der Waals surface area contributed by atoms with Gasteiger partial charge < -0.3 is 30.1 Å². The molecule has 0 bridgehead atoms. The third kappa shape index (κ3) is 7.44. The van der Waals surface area contributed by atoms with E-state index in [0.717, 1.165) is 37.7 Å². The number of amides is 1. The van der Waals surface area contributed by atoms with Crippen molar-refractivity contribution in [1.29, 1.82) is 0 Å². The van der Waals surface area contributed by atoms with Gasteiger partial charge >= 0.3 is 0 Å². The molecule has 220 valence electrons. The Balaban J connectivity index is 1.22. The molecule has 2 aromatic heterocycles. The molecule has 5 rings (SSSR count). The minimum Gasteiger partial charge on any atom is -0.493 e. The molecule has 0 saturated carbocycles. The lowest BCUT2D eigenvalue weighted by molar-refractivity contribution is 0.102. The zero-order chi connectivity index (χ0) is 29.3. The number of hydrogen-bond donors (Lipinski definition) is 3. The summed E-state index contributed by atoms with van der Waals surface area (Å²) in [6.07, 6.45) is 8.40.